The van der Waals surface area contributed by atoms with Gasteiger partial charge in [-0.05, 0) is 19.8 Å². The van der Waals surface area contributed by atoms with E-state index < -0.39 is 0 Å². The molecule has 23 heavy (non-hydrogen) atoms. The quantitative estimate of drug-likeness (QED) is 0.807. The summed E-state index contributed by atoms with van der Waals surface area (Å²) in [5.74, 6) is 0.241. The van der Waals surface area contributed by atoms with Crippen molar-refractivity contribution in [2.24, 2.45) is 5.92 Å². The minimum atomic E-state index is -0.0510. The van der Waals surface area contributed by atoms with Crippen molar-refractivity contribution in [3.05, 3.63) is 33.2 Å². The molecule has 0 spiro atoms. The predicted octanol–water partition coefficient (Wildman–Crippen LogP) is 2.94. The molecular formula is C17H25N3O2S. The van der Waals surface area contributed by atoms with Gasteiger partial charge in [0.1, 0.15) is 0 Å². The number of aryl methyl sites for hydroxylation is 1. The van der Waals surface area contributed by atoms with Crippen LogP contribution in [0.25, 0.3) is 4.96 Å². The summed E-state index contributed by atoms with van der Waals surface area (Å²) in [7, 11) is 0. The second kappa shape index (κ2) is 8.24. The molecule has 6 heteroatoms. The van der Waals surface area contributed by atoms with Gasteiger partial charge in [-0.1, -0.05) is 26.7 Å². The van der Waals surface area contributed by atoms with Crippen LogP contribution in [0.1, 0.15) is 50.9 Å². The highest BCUT2D eigenvalue weighted by atomic mass is 32.1. The van der Waals surface area contributed by atoms with Gasteiger partial charge in [-0.2, -0.15) is 0 Å². The van der Waals surface area contributed by atoms with Gasteiger partial charge in [0, 0.05) is 41.7 Å². The molecule has 2 aromatic heterocycles. The number of hydrogen-bond donors (Lipinski definition) is 1. The van der Waals surface area contributed by atoms with E-state index in [1.165, 1.54) is 11.3 Å². The Labute approximate surface area is 140 Å². The topological polar surface area (TPSA) is 63.5 Å². The maximum absolute atomic E-state index is 12.2. The minimum Gasteiger partial charge on any atom is -0.355 e. The van der Waals surface area contributed by atoms with E-state index in [0.29, 0.717) is 17.9 Å². The molecule has 5 nitrogen and oxygen atoms in total. The molecule has 2 rings (SSSR count). The van der Waals surface area contributed by atoms with Crippen LogP contribution in [-0.4, -0.2) is 21.8 Å². The fraction of sp³-hybridized carbons (Fsp3) is 0.588. The molecule has 0 atom stereocenters. The predicted molar refractivity (Wildman–Crippen MR) is 94.1 cm³/mol. The third kappa shape index (κ3) is 4.41. The largest absolute Gasteiger partial charge is 0.355 e. The lowest BCUT2D eigenvalue weighted by Gasteiger charge is -2.15. The third-order valence-corrected chi connectivity index (χ3v) is 4.80. The van der Waals surface area contributed by atoms with Crippen molar-refractivity contribution >= 4 is 22.2 Å². The number of thiazole rings is 1. The van der Waals surface area contributed by atoms with Crippen molar-refractivity contribution < 1.29 is 4.79 Å². The summed E-state index contributed by atoms with van der Waals surface area (Å²) in [6, 6.07) is 1.54. The van der Waals surface area contributed by atoms with Crippen LogP contribution in [0.3, 0.4) is 0 Å². The van der Waals surface area contributed by atoms with E-state index in [1.54, 1.807) is 10.5 Å². The van der Waals surface area contributed by atoms with Crippen molar-refractivity contribution in [1.29, 1.82) is 0 Å². The SMILES string of the molecule is CCCC(CCC)C(=O)NCCc1csc2nc(C)cc(=O)n12. The van der Waals surface area contributed by atoms with Crippen LogP contribution in [0.5, 0.6) is 0 Å². The molecule has 126 valence electrons. The average Bonchev–Trinajstić information content (AvgIpc) is 2.90. The number of nitrogens with zero attached hydrogens (tertiary/aromatic N) is 2. The number of hydrogen-bond acceptors (Lipinski definition) is 4. The van der Waals surface area contributed by atoms with Crippen LogP contribution in [0.2, 0.25) is 0 Å². The normalized spacial score (nSPS) is 11.3. The molecule has 0 fully saturated rings. The van der Waals surface area contributed by atoms with Gasteiger partial charge in [-0.3, -0.25) is 14.0 Å². The molecular weight excluding hydrogens is 310 g/mol. The van der Waals surface area contributed by atoms with E-state index in [-0.39, 0.29) is 17.4 Å². The maximum Gasteiger partial charge on any atom is 0.258 e. The fourth-order valence-corrected chi connectivity index (χ4v) is 3.79. The zero-order valence-electron chi connectivity index (χ0n) is 14.1. The standard InChI is InChI=1S/C17H25N3O2S/c1-4-6-13(7-5-2)16(22)18-9-8-14-11-23-17-19-12(3)10-15(21)20(14)17/h10-11,13H,4-9H2,1-3H3,(H,18,22). The molecule has 1 N–H and O–H groups in total. The first-order valence-corrected chi connectivity index (χ1v) is 9.19. The summed E-state index contributed by atoms with van der Waals surface area (Å²) in [4.78, 5) is 29.4. The Kier molecular flexibility index (Phi) is 6.33. The summed E-state index contributed by atoms with van der Waals surface area (Å²) < 4.78 is 1.64. The first-order valence-electron chi connectivity index (χ1n) is 8.31. The van der Waals surface area contributed by atoms with Gasteiger partial charge >= 0.3 is 0 Å². The smallest absolute Gasteiger partial charge is 0.258 e. The lowest BCUT2D eigenvalue weighted by molar-refractivity contribution is -0.125. The van der Waals surface area contributed by atoms with Crippen LogP contribution < -0.4 is 10.9 Å². The Morgan fingerprint density at radius 1 is 1.35 bits per heavy atom. The summed E-state index contributed by atoms with van der Waals surface area (Å²) in [5.41, 5.74) is 1.59. The number of aromatic nitrogens is 2. The molecule has 0 bridgehead atoms. The minimum absolute atomic E-state index is 0.0510. The van der Waals surface area contributed by atoms with E-state index in [4.69, 9.17) is 0 Å². The summed E-state index contributed by atoms with van der Waals surface area (Å²) in [6.45, 7) is 6.58. The molecule has 0 aromatic carbocycles. The molecule has 0 aliphatic carbocycles. The van der Waals surface area contributed by atoms with E-state index in [2.05, 4.69) is 24.1 Å². The zero-order chi connectivity index (χ0) is 16.8. The number of rotatable bonds is 8. The second-order valence-corrected chi connectivity index (χ2v) is 6.73. The van der Waals surface area contributed by atoms with Gasteiger partial charge < -0.3 is 5.32 Å². The number of nitrogens with one attached hydrogen (secondary N) is 1. The van der Waals surface area contributed by atoms with Crippen LogP contribution in [0.15, 0.2) is 16.2 Å². The Morgan fingerprint density at radius 2 is 2.04 bits per heavy atom. The zero-order valence-corrected chi connectivity index (χ0v) is 14.9. The van der Waals surface area contributed by atoms with Crippen molar-refractivity contribution in [2.45, 2.75) is 52.9 Å². The van der Waals surface area contributed by atoms with E-state index in [0.717, 1.165) is 37.1 Å². The fourth-order valence-electron chi connectivity index (χ4n) is 2.82. The molecule has 2 aromatic rings. The highest BCUT2D eigenvalue weighted by Crippen LogP contribution is 2.15. The first-order chi connectivity index (χ1) is 11.1. The highest BCUT2D eigenvalue weighted by Gasteiger charge is 2.16. The summed E-state index contributed by atoms with van der Waals surface area (Å²) in [6.07, 6.45) is 4.55. The number of carbonyl (C=O) groups excluding carboxylic acids is 1. The Morgan fingerprint density at radius 3 is 2.70 bits per heavy atom. The van der Waals surface area contributed by atoms with Crippen LogP contribution in [-0.2, 0) is 11.2 Å². The van der Waals surface area contributed by atoms with Gasteiger partial charge in [0.25, 0.3) is 5.56 Å². The van der Waals surface area contributed by atoms with Gasteiger partial charge in [-0.25, -0.2) is 4.98 Å². The molecule has 0 saturated carbocycles. The first kappa shape index (κ1) is 17.7. The molecule has 0 unspecified atom stereocenters. The second-order valence-electron chi connectivity index (χ2n) is 5.90. The van der Waals surface area contributed by atoms with Crippen molar-refractivity contribution in [2.75, 3.05) is 6.54 Å². The van der Waals surface area contributed by atoms with Gasteiger partial charge in [0.15, 0.2) is 4.96 Å². The van der Waals surface area contributed by atoms with Gasteiger partial charge in [0.2, 0.25) is 5.91 Å². The van der Waals surface area contributed by atoms with Crippen LogP contribution in [0, 0.1) is 12.8 Å². The number of carbonyl (C=O) groups is 1. The highest BCUT2D eigenvalue weighted by molar-refractivity contribution is 7.15. The monoisotopic (exact) mass is 335 g/mol. The molecule has 1 amide bonds. The van der Waals surface area contributed by atoms with Crippen LogP contribution in [0.4, 0.5) is 0 Å². The summed E-state index contributed by atoms with van der Waals surface area (Å²) in [5, 5.41) is 4.97. The Hall–Kier alpha value is -1.69. The lowest BCUT2D eigenvalue weighted by Crippen LogP contribution is -2.32. The number of amides is 1. The molecule has 0 aliphatic heterocycles. The average molecular weight is 335 g/mol. The van der Waals surface area contributed by atoms with Gasteiger partial charge in [0.05, 0.1) is 0 Å². The van der Waals surface area contributed by atoms with Gasteiger partial charge in [-0.15, -0.1) is 11.3 Å². The summed E-state index contributed by atoms with van der Waals surface area (Å²) >= 11 is 1.46. The molecule has 0 radical (unpaired) electrons. The number of fused-ring (bicyclic) bond motifs is 1. The molecule has 0 saturated heterocycles. The van der Waals surface area contributed by atoms with Crippen LogP contribution >= 0.6 is 11.3 Å². The Balaban J connectivity index is 1.99. The Bertz CT molecular complexity index is 714. The third-order valence-electron chi connectivity index (χ3n) is 3.93. The maximum atomic E-state index is 12.2. The van der Waals surface area contributed by atoms with E-state index in [9.17, 15) is 9.59 Å². The molecule has 0 aliphatic rings. The molecule has 2 heterocycles. The van der Waals surface area contributed by atoms with E-state index in [1.807, 2.05) is 12.3 Å². The van der Waals surface area contributed by atoms with Crippen molar-refractivity contribution in [3.63, 3.8) is 0 Å². The van der Waals surface area contributed by atoms with E-state index >= 15 is 0 Å². The van der Waals surface area contributed by atoms with Crippen molar-refractivity contribution in [1.82, 2.24) is 14.7 Å². The van der Waals surface area contributed by atoms with Crippen molar-refractivity contribution in [3.8, 4) is 0 Å². The lowest BCUT2D eigenvalue weighted by atomic mass is 9.97.